The van der Waals surface area contributed by atoms with E-state index < -0.39 is 0 Å². The van der Waals surface area contributed by atoms with Crippen LogP contribution in [0.1, 0.15) is 18.5 Å². The van der Waals surface area contributed by atoms with E-state index in [9.17, 15) is 4.79 Å². The summed E-state index contributed by atoms with van der Waals surface area (Å²) in [5.74, 6) is 0.0541. The van der Waals surface area contributed by atoms with Crippen molar-refractivity contribution in [3.05, 3.63) is 53.4 Å². The number of likely N-dealkylation sites (tertiary alicyclic amines) is 1. The van der Waals surface area contributed by atoms with Gasteiger partial charge in [0, 0.05) is 35.1 Å². The molecule has 1 aliphatic heterocycles. The van der Waals surface area contributed by atoms with E-state index in [4.69, 9.17) is 0 Å². The second kappa shape index (κ2) is 7.16. The molecule has 2 aromatic heterocycles. The number of rotatable bonds is 5. The van der Waals surface area contributed by atoms with Gasteiger partial charge in [-0.1, -0.05) is 12.1 Å². The quantitative estimate of drug-likeness (QED) is 0.739. The molecule has 1 aromatic carbocycles. The maximum Gasteiger partial charge on any atom is 0.241 e. The van der Waals surface area contributed by atoms with Crippen molar-refractivity contribution in [1.82, 2.24) is 19.9 Å². The normalized spacial score (nSPS) is 17.7. The van der Waals surface area contributed by atoms with Crippen molar-refractivity contribution < 1.29 is 4.79 Å². The fraction of sp³-hybridized carbons (Fsp3) is 0.278. The number of amides is 1. The summed E-state index contributed by atoms with van der Waals surface area (Å²) >= 11 is 1.57. The molecule has 2 N–H and O–H groups in total. The summed E-state index contributed by atoms with van der Waals surface area (Å²) in [5, 5.41) is 5.06. The van der Waals surface area contributed by atoms with Crippen LogP contribution in [0.25, 0.3) is 11.3 Å². The first-order chi connectivity index (χ1) is 12.3. The van der Waals surface area contributed by atoms with Gasteiger partial charge in [-0.3, -0.25) is 9.69 Å². The number of hydrogen-bond acceptors (Lipinski definition) is 5. The average Bonchev–Trinajstić information content (AvgIpc) is 3.39. The van der Waals surface area contributed by atoms with Gasteiger partial charge in [0.1, 0.15) is 0 Å². The van der Waals surface area contributed by atoms with Crippen LogP contribution < -0.4 is 5.32 Å². The minimum absolute atomic E-state index is 0.0541. The van der Waals surface area contributed by atoms with Crippen molar-refractivity contribution >= 4 is 22.9 Å². The van der Waals surface area contributed by atoms with Gasteiger partial charge in [0.25, 0.3) is 0 Å². The smallest absolute Gasteiger partial charge is 0.241 e. The van der Waals surface area contributed by atoms with Crippen LogP contribution in [0, 0.1) is 0 Å². The molecule has 3 heterocycles. The number of aromatic amines is 1. The number of hydrogen-bond donors (Lipinski definition) is 2. The van der Waals surface area contributed by atoms with Crippen molar-refractivity contribution in [2.45, 2.75) is 25.4 Å². The molecule has 0 spiro atoms. The molecule has 1 atom stereocenters. The fourth-order valence-electron chi connectivity index (χ4n) is 3.21. The van der Waals surface area contributed by atoms with E-state index in [1.54, 1.807) is 17.7 Å². The lowest BCUT2D eigenvalue weighted by Crippen LogP contribution is -2.39. The van der Waals surface area contributed by atoms with E-state index in [1.807, 2.05) is 41.4 Å². The largest absolute Gasteiger partial charge is 0.347 e. The van der Waals surface area contributed by atoms with E-state index >= 15 is 0 Å². The van der Waals surface area contributed by atoms with Gasteiger partial charge in [-0.25, -0.2) is 9.97 Å². The van der Waals surface area contributed by atoms with Crippen LogP contribution in [0.2, 0.25) is 0 Å². The number of nitrogens with zero attached hydrogens (tertiary/aromatic N) is 3. The predicted molar refractivity (Wildman–Crippen MR) is 98.2 cm³/mol. The van der Waals surface area contributed by atoms with Gasteiger partial charge >= 0.3 is 0 Å². The Morgan fingerprint density at radius 3 is 2.96 bits per heavy atom. The lowest BCUT2D eigenvalue weighted by molar-refractivity contribution is -0.120. The molecule has 3 aromatic rings. The molecule has 7 heteroatoms. The van der Waals surface area contributed by atoms with E-state index in [0.717, 1.165) is 48.6 Å². The van der Waals surface area contributed by atoms with Crippen LogP contribution >= 0.6 is 11.3 Å². The van der Waals surface area contributed by atoms with Gasteiger partial charge in [-0.05, 0) is 31.5 Å². The number of thiazole rings is 1. The first kappa shape index (κ1) is 16.0. The maximum absolute atomic E-state index is 12.7. The first-order valence-electron chi connectivity index (χ1n) is 8.30. The Morgan fingerprint density at radius 2 is 2.24 bits per heavy atom. The molecule has 1 aliphatic rings. The van der Waals surface area contributed by atoms with Crippen LogP contribution in [0.5, 0.6) is 0 Å². The van der Waals surface area contributed by atoms with Crippen LogP contribution in [0.4, 0.5) is 5.69 Å². The molecular formula is C18H19N5OS. The zero-order valence-corrected chi connectivity index (χ0v) is 14.5. The monoisotopic (exact) mass is 353 g/mol. The Bertz CT molecular complexity index is 814. The van der Waals surface area contributed by atoms with E-state index in [-0.39, 0.29) is 11.9 Å². The topological polar surface area (TPSA) is 73.9 Å². The molecule has 1 amide bonds. The van der Waals surface area contributed by atoms with Crippen LogP contribution in [-0.4, -0.2) is 38.3 Å². The number of nitrogens with one attached hydrogen (secondary N) is 2. The molecule has 1 saturated heterocycles. The molecule has 1 fully saturated rings. The Labute approximate surface area is 149 Å². The third-order valence-electron chi connectivity index (χ3n) is 4.48. The van der Waals surface area contributed by atoms with Crippen molar-refractivity contribution in [1.29, 1.82) is 0 Å². The number of aromatic nitrogens is 3. The SMILES string of the molecule is O=C(Nc1ccc(-c2cscn2)cc1)[C@H]1CCCN1Cc1cnc[nH]1. The highest BCUT2D eigenvalue weighted by molar-refractivity contribution is 7.07. The molecule has 0 saturated carbocycles. The summed E-state index contributed by atoms with van der Waals surface area (Å²) in [6.07, 6.45) is 5.40. The van der Waals surface area contributed by atoms with Crippen molar-refractivity contribution in [3.8, 4) is 11.3 Å². The summed E-state index contributed by atoms with van der Waals surface area (Å²) in [6, 6.07) is 7.74. The van der Waals surface area contributed by atoms with Gasteiger partial charge in [-0.2, -0.15) is 0 Å². The summed E-state index contributed by atoms with van der Waals surface area (Å²) in [7, 11) is 0. The predicted octanol–water partition coefficient (Wildman–Crippen LogP) is 3.14. The Balaban J connectivity index is 1.40. The molecule has 0 bridgehead atoms. The van der Waals surface area contributed by atoms with Gasteiger partial charge in [0.15, 0.2) is 0 Å². The van der Waals surface area contributed by atoms with E-state index in [1.165, 1.54) is 0 Å². The highest BCUT2D eigenvalue weighted by Gasteiger charge is 2.30. The van der Waals surface area contributed by atoms with Gasteiger partial charge in [0.2, 0.25) is 5.91 Å². The van der Waals surface area contributed by atoms with Crippen LogP contribution in [-0.2, 0) is 11.3 Å². The van der Waals surface area contributed by atoms with Crippen molar-refractivity contribution in [2.75, 3.05) is 11.9 Å². The number of H-pyrrole nitrogens is 1. The molecule has 0 aliphatic carbocycles. The fourth-order valence-corrected chi connectivity index (χ4v) is 3.77. The number of imidazole rings is 1. The summed E-state index contributed by atoms with van der Waals surface area (Å²) in [4.78, 5) is 26.3. The van der Waals surface area contributed by atoms with E-state index in [0.29, 0.717) is 0 Å². The molecule has 6 nitrogen and oxygen atoms in total. The van der Waals surface area contributed by atoms with Crippen molar-refractivity contribution in [2.24, 2.45) is 0 Å². The Morgan fingerprint density at radius 1 is 1.36 bits per heavy atom. The number of anilines is 1. The third kappa shape index (κ3) is 3.62. The lowest BCUT2D eigenvalue weighted by Gasteiger charge is -2.23. The highest BCUT2D eigenvalue weighted by atomic mass is 32.1. The Kier molecular flexibility index (Phi) is 4.58. The second-order valence-electron chi connectivity index (χ2n) is 6.15. The molecule has 25 heavy (non-hydrogen) atoms. The van der Waals surface area contributed by atoms with Gasteiger partial charge < -0.3 is 10.3 Å². The van der Waals surface area contributed by atoms with Crippen LogP contribution in [0.3, 0.4) is 0 Å². The summed E-state index contributed by atoms with van der Waals surface area (Å²) in [6.45, 7) is 1.65. The lowest BCUT2D eigenvalue weighted by atomic mass is 10.1. The molecular weight excluding hydrogens is 334 g/mol. The number of benzene rings is 1. The Hall–Kier alpha value is -2.51. The molecule has 0 unspecified atom stereocenters. The minimum atomic E-state index is -0.0958. The average molecular weight is 353 g/mol. The first-order valence-corrected chi connectivity index (χ1v) is 9.25. The number of carbonyl (C=O) groups excluding carboxylic acids is 1. The molecule has 4 rings (SSSR count). The maximum atomic E-state index is 12.7. The molecule has 0 radical (unpaired) electrons. The van der Waals surface area contributed by atoms with E-state index in [2.05, 4.69) is 25.2 Å². The van der Waals surface area contributed by atoms with Crippen LogP contribution in [0.15, 0.2) is 47.7 Å². The zero-order chi connectivity index (χ0) is 17.1. The van der Waals surface area contributed by atoms with Crippen molar-refractivity contribution in [3.63, 3.8) is 0 Å². The van der Waals surface area contributed by atoms with Gasteiger partial charge in [0.05, 0.1) is 23.6 Å². The molecule has 128 valence electrons. The number of carbonyl (C=O) groups is 1. The second-order valence-corrected chi connectivity index (χ2v) is 6.86. The third-order valence-corrected chi connectivity index (χ3v) is 5.06. The summed E-state index contributed by atoms with van der Waals surface area (Å²) in [5.41, 5.74) is 5.69. The summed E-state index contributed by atoms with van der Waals surface area (Å²) < 4.78 is 0. The highest BCUT2D eigenvalue weighted by Crippen LogP contribution is 2.23. The van der Waals surface area contributed by atoms with Gasteiger partial charge in [-0.15, -0.1) is 11.3 Å². The standard InChI is InChI=1S/C18H19N5OS/c24-18(17-2-1-7-23(17)9-15-8-19-11-20-15)22-14-5-3-13(4-6-14)16-10-25-12-21-16/h3-6,8,10-12,17H,1-2,7,9H2,(H,19,20)(H,22,24)/t17-/m1/s1. The zero-order valence-electron chi connectivity index (χ0n) is 13.7. The minimum Gasteiger partial charge on any atom is -0.347 e.